The zero-order chi connectivity index (χ0) is 30.5. The van der Waals surface area contributed by atoms with E-state index in [4.69, 9.17) is 27.9 Å². The molecule has 4 rings (SSSR count). The van der Waals surface area contributed by atoms with Crippen molar-refractivity contribution in [3.05, 3.63) is 52.5 Å². The van der Waals surface area contributed by atoms with E-state index in [1.165, 1.54) is 10.6 Å². The second-order valence-corrected chi connectivity index (χ2v) is 15.9. The Morgan fingerprint density at radius 1 is 0.929 bits per heavy atom. The summed E-state index contributed by atoms with van der Waals surface area (Å²) < 4.78 is 57.1. The average molecular weight is 661 g/mol. The summed E-state index contributed by atoms with van der Waals surface area (Å²) in [6.07, 6.45) is 3.88. The first-order valence-corrected chi connectivity index (χ1v) is 18.5. The Kier molecular flexibility index (Phi) is 11.2. The number of piperidine rings is 2. The maximum absolute atomic E-state index is 13.7. The van der Waals surface area contributed by atoms with E-state index in [0.29, 0.717) is 104 Å². The molecule has 2 aliphatic rings. The Balaban J connectivity index is 1.34. The van der Waals surface area contributed by atoms with Crippen molar-refractivity contribution in [3.8, 4) is 5.75 Å². The molecule has 2 saturated heterocycles. The lowest BCUT2D eigenvalue weighted by atomic mass is 9.96. The first-order chi connectivity index (χ1) is 19.9. The van der Waals surface area contributed by atoms with Crippen molar-refractivity contribution < 1.29 is 26.4 Å². The standard InChI is InChI=1S/C29H39Cl2N3O6S2/c1-3-40-24-6-8-25(9-7-24)42(38,39)26-13-17-32(18-14-26)15-4-16-34(23-5-10-27(30)28(31)21-23)29(35)22-11-19-33(20-12-22)41(2,36)37/h5-10,21-22,26H,3-4,11-20H2,1-2H3. The molecule has 0 saturated carbocycles. The van der Waals surface area contributed by atoms with Crippen molar-refractivity contribution in [3.63, 3.8) is 0 Å². The number of sulfone groups is 1. The van der Waals surface area contributed by atoms with Gasteiger partial charge in [-0.25, -0.2) is 21.1 Å². The van der Waals surface area contributed by atoms with Crippen LogP contribution in [0.3, 0.4) is 0 Å². The van der Waals surface area contributed by atoms with Crippen LogP contribution in [0.25, 0.3) is 0 Å². The van der Waals surface area contributed by atoms with E-state index in [0.717, 1.165) is 0 Å². The highest BCUT2D eigenvalue weighted by molar-refractivity contribution is 7.92. The number of sulfonamides is 1. The summed E-state index contributed by atoms with van der Waals surface area (Å²) in [5, 5.41) is 0.325. The Labute approximate surface area is 259 Å². The molecule has 2 aromatic carbocycles. The van der Waals surface area contributed by atoms with Gasteiger partial charge in [-0.3, -0.25) is 4.79 Å². The number of anilines is 1. The fraction of sp³-hybridized carbons (Fsp3) is 0.552. The molecular formula is C29H39Cl2N3O6S2. The van der Waals surface area contributed by atoms with E-state index in [9.17, 15) is 21.6 Å². The van der Waals surface area contributed by atoms with Crippen molar-refractivity contribution in [2.75, 3.05) is 57.0 Å². The summed E-state index contributed by atoms with van der Waals surface area (Å²) in [5.74, 6) is 0.307. The van der Waals surface area contributed by atoms with Crippen LogP contribution in [0.15, 0.2) is 47.4 Å². The van der Waals surface area contributed by atoms with Crippen molar-refractivity contribution in [1.82, 2.24) is 9.21 Å². The van der Waals surface area contributed by atoms with Crippen molar-refractivity contribution >= 4 is 54.7 Å². The van der Waals surface area contributed by atoms with Gasteiger partial charge in [-0.05, 0) is 101 Å². The SMILES string of the molecule is CCOc1ccc(S(=O)(=O)C2CCN(CCCN(C(=O)C3CCN(S(C)(=O)=O)CC3)c3ccc(Cl)c(Cl)c3)CC2)cc1. The molecule has 2 aromatic rings. The van der Waals surface area contributed by atoms with Crippen molar-refractivity contribution in [2.24, 2.45) is 5.92 Å². The monoisotopic (exact) mass is 659 g/mol. The number of ether oxygens (including phenoxy) is 1. The third kappa shape index (κ3) is 8.18. The normalized spacial score (nSPS) is 18.2. The van der Waals surface area contributed by atoms with Gasteiger partial charge in [-0.15, -0.1) is 0 Å². The number of hydrogen-bond acceptors (Lipinski definition) is 7. The van der Waals surface area contributed by atoms with Crippen LogP contribution in [0.5, 0.6) is 5.75 Å². The minimum Gasteiger partial charge on any atom is -0.494 e. The molecule has 0 atom stereocenters. The molecule has 232 valence electrons. The third-order valence-electron chi connectivity index (χ3n) is 8.05. The van der Waals surface area contributed by atoms with E-state index < -0.39 is 25.1 Å². The number of carbonyl (C=O) groups excluding carboxylic acids is 1. The molecular weight excluding hydrogens is 621 g/mol. The Morgan fingerprint density at radius 2 is 1.57 bits per heavy atom. The van der Waals surface area contributed by atoms with E-state index in [1.807, 2.05) is 6.92 Å². The number of likely N-dealkylation sites (tertiary alicyclic amines) is 1. The number of amides is 1. The van der Waals surface area contributed by atoms with Crippen LogP contribution in [0.2, 0.25) is 10.0 Å². The van der Waals surface area contributed by atoms with Gasteiger partial charge in [0.25, 0.3) is 0 Å². The van der Waals surface area contributed by atoms with Crippen molar-refractivity contribution in [1.29, 1.82) is 0 Å². The highest BCUT2D eigenvalue weighted by Crippen LogP contribution is 2.31. The van der Waals surface area contributed by atoms with E-state index in [2.05, 4.69) is 4.90 Å². The zero-order valence-corrected chi connectivity index (χ0v) is 27.2. The number of hydrogen-bond donors (Lipinski definition) is 0. The molecule has 0 aliphatic carbocycles. The van der Waals surface area contributed by atoms with Gasteiger partial charge in [0, 0.05) is 31.2 Å². The van der Waals surface area contributed by atoms with Crippen LogP contribution in [0, 0.1) is 5.92 Å². The van der Waals surface area contributed by atoms with Gasteiger partial charge in [-0.1, -0.05) is 23.2 Å². The van der Waals surface area contributed by atoms with Gasteiger partial charge in [0.05, 0.1) is 33.1 Å². The van der Waals surface area contributed by atoms with Gasteiger partial charge in [0.1, 0.15) is 5.75 Å². The summed E-state index contributed by atoms with van der Waals surface area (Å²) in [5.41, 5.74) is 0.653. The second kappa shape index (κ2) is 14.3. The van der Waals surface area contributed by atoms with Crippen LogP contribution >= 0.6 is 23.2 Å². The molecule has 13 heteroatoms. The highest BCUT2D eigenvalue weighted by atomic mass is 35.5. The quantitative estimate of drug-likeness (QED) is 0.344. The maximum atomic E-state index is 13.7. The summed E-state index contributed by atoms with van der Waals surface area (Å²) in [7, 11) is -6.72. The summed E-state index contributed by atoms with van der Waals surface area (Å²) in [6.45, 7) is 5.53. The Morgan fingerprint density at radius 3 is 2.14 bits per heavy atom. The molecule has 1 amide bonds. The van der Waals surface area contributed by atoms with Crippen molar-refractivity contribution in [2.45, 2.75) is 49.2 Å². The summed E-state index contributed by atoms with van der Waals surface area (Å²) >= 11 is 12.4. The Bertz CT molecular complexity index is 1440. The van der Waals surface area contributed by atoms with Crippen LogP contribution in [-0.2, 0) is 24.7 Å². The van der Waals surface area contributed by atoms with Gasteiger partial charge in [-0.2, -0.15) is 0 Å². The molecule has 0 radical (unpaired) electrons. The van der Waals surface area contributed by atoms with E-state index in [-0.39, 0.29) is 11.8 Å². The maximum Gasteiger partial charge on any atom is 0.230 e. The zero-order valence-electron chi connectivity index (χ0n) is 24.0. The predicted molar refractivity (Wildman–Crippen MR) is 167 cm³/mol. The summed E-state index contributed by atoms with van der Waals surface area (Å²) in [6, 6.07) is 11.8. The van der Waals surface area contributed by atoms with E-state index >= 15 is 0 Å². The minimum atomic E-state index is -3.43. The third-order valence-corrected chi connectivity index (χ3v) is 12.4. The van der Waals surface area contributed by atoms with Gasteiger partial charge < -0.3 is 14.5 Å². The number of nitrogens with zero attached hydrogens (tertiary/aromatic N) is 3. The fourth-order valence-corrected chi connectivity index (χ4v) is 8.55. The minimum absolute atomic E-state index is 0.0540. The first kappa shape index (κ1) is 33.0. The van der Waals surface area contributed by atoms with Crippen LogP contribution < -0.4 is 9.64 Å². The van der Waals surface area contributed by atoms with Gasteiger partial charge in [0.15, 0.2) is 9.84 Å². The molecule has 9 nitrogen and oxygen atoms in total. The van der Waals surface area contributed by atoms with Gasteiger partial charge in [0.2, 0.25) is 15.9 Å². The molecule has 0 N–H and O–H groups in total. The lowest BCUT2D eigenvalue weighted by Gasteiger charge is -2.34. The molecule has 2 aliphatic heterocycles. The topological polar surface area (TPSA) is 104 Å². The average Bonchev–Trinajstić information content (AvgIpc) is 2.97. The van der Waals surface area contributed by atoms with Crippen LogP contribution in [0.4, 0.5) is 5.69 Å². The fourth-order valence-electron chi connectivity index (χ4n) is 5.65. The van der Waals surface area contributed by atoms with Crippen LogP contribution in [0.1, 0.15) is 39.0 Å². The number of benzene rings is 2. The second-order valence-electron chi connectivity index (χ2n) is 10.9. The molecule has 0 spiro atoms. The van der Waals surface area contributed by atoms with Gasteiger partial charge >= 0.3 is 0 Å². The molecule has 2 fully saturated rings. The molecule has 42 heavy (non-hydrogen) atoms. The number of carbonyl (C=O) groups is 1. The molecule has 0 aromatic heterocycles. The smallest absolute Gasteiger partial charge is 0.230 e. The van der Waals surface area contributed by atoms with E-state index in [1.54, 1.807) is 47.4 Å². The molecule has 0 bridgehead atoms. The first-order valence-electron chi connectivity index (χ1n) is 14.3. The molecule has 2 heterocycles. The largest absolute Gasteiger partial charge is 0.494 e. The lowest BCUT2D eigenvalue weighted by Crippen LogP contribution is -2.45. The number of halogens is 2. The number of rotatable bonds is 11. The Hall–Kier alpha value is -1.89. The highest BCUT2D eigenvalue weighted by Gasteiger charge is 2.33. The summed E-state index contributed by atoms with van der Waals surface area (Å²) in [4.78, 5) is 18.0. The lowest BCUT2D eigenvalue weighted by molar-refractivity contribution is -0.123. The van der Waals surface area contributed by atoms with Crippen LogP contribution in [-0.4, -0.2) is 89.3 Å². The predicted octanol–water partition coefficient (Wildman–Crippen LogP) is 4.73. The molecule has 0 unspecified atom stereocenters.